The van der Waals surface area contributed by atoms with Gasteiger partial charge >= 0.3 is 0 Å². The van der Waals surface area contributed by atoms with Gasteiger partial charge in [0.25, 0.3) is 0 Å². The lowest BCUT2D eigenvalue weighted by Crippen LogP contribution is -2.39. The molecular formula is C21H37N3O3. The van der Waals surface area contributed by atoms with Gasteiger partial charge in [0.15, 0.2) is 5.96 Å². The van der Waals surface area contributed by atoms with E-state index < -0.39 is 0 Å². The van der Waals surface area contributed by atoms with Crippen LogP contribution in [0.5, 0.6) is 11.5 Å². The Bertz CT molecular complexity index is 528. The zero-order valence-electron chi connectivity index (χ0n) is 17.4. The molecule has 0 atom stereocenters. The van der Waals surface area contributed by atoms with E-state index in [-0.39, 0.29) is 12.0 Å². The molecule has 0 aliphatic carbocycles. The van der Waals surface area contributed by atoms with Gasteiger partial charge in [0, 0.05) is 26.2 Å². The number of nitrogens with zero attached hydrogens (tertiary/aromatic N) is 1. The van der Waals surface area contributed by atoms with E-state index in [2.05, 4.69) is 31.4 Å². The largest absolute Gasteiger partial charge is 0.497 e. The Morgan fingerprint density at radius 3 is 2.30 bits per heavy atom. The molecule has 154 valence electrons. The fourth-order valence-electron chi connectivity index (χ4n) is 2.87. The molecule has 0 saturated carbocycles. The second-order valence-corrected chi connectivity index (χ2v) is 6.68. The molecule has 6 heteroatoms. The van der Waals surface area contributed by atoms with Crippen LogP contribution < -0.4 is 20.1 Å². The first-order valence-electron chi connectivity index (χ1n) is 10.0. The van der Waals surface area contributed by atoms with Crippen LogP contribution in [0.4, 0.5) is 0 Å². The van der Waals surface area contributed by atoms with Crippen LogP contribution in [0.2, 0.25) is 0 Å². The molecule has 0 fully saturated rings. The molecule has 27 heavy (non-hydrogen) atoms. The normalized spacial score (nSPS) is 12.0. The smallest absolute Gasteiger partial charge is 0.191 e. The highest BCUT2D eigenvalue weighted by molar-refractivity contribution is 5.79. The van der Waals surface area contributed by atoms with Crippen LogP contribution in [0.15, 0.2) is 29.3 Å². The average molecular weight is 380 g/mol. The highest BCUT2D eigenvalue weighted by atomic mass is 16.5. The van der Waals surface area contributed by atoms with Gasteiger partial charge in [0.2, 0.25) is 0 Å². The Labute approximate surface area is 164 Å². The Hall–Kier alpha value is -1.95. The van der Waals surface area contributed by atoms with Gasteiger partial charge in [-0.2, -0.15) is 0 Å². The second kappa shape index (κ2) is 13.3. The van der Waals surface area contributed by atoms with Gasteiger partial charge in [-0.25, -0.2) is 0 Å². The highest BCUT2D eigenvalue weighted by Gasteiger charge is 2.25. The minimum atomic E-state index is 0.0780. The van der Waals surface area contributed by atoms with Crippen molar-refractivity contribution in [3.05, 3.63) is 24.3 Å². The monoisotopic (exact) mass is 379 g/mol. The molecule has 1 aromatic rings. The van der Waals surface area contributed by atoms with Gasteiger partial charge in [-0.05, 0) is 62.3 Å². The summed E-state index contributed by atoms with van der Waals surface area (Å²) in [5, 5.41) is 16.0. The molecule has 3 N–H and O–H groups in total. The molecule has 1 aromatic carbocycles. The average Bonchev–Trinajstić information content (AvgIpc) is 2.71. The van der Waals surface area contributed by atoms with Crippen LogP contribution >= 0.6 is 0 Å². The molecule has 1 rings (SSSR count). The molecule has 6 nitrogen and oxygen atoms in total. The zero-order valence-corrected chi connectivity index (χ0v) is 17.4. The van der Waals surface area contributed by atoms with Crippen LogP contribution in [0.1, 0.15) is 46.5 Å². The zero-order chi connectivity index (χ0) is 20.0. The predicted molar refractivity (Wildman–Crippen MR) is 112 cm³/mol. The van der Waals surface area contributed by atoms with Gasteiger partial charge in [0.05, 0.1) is 13.7 Å². The summed E-state index contributed by atoms with van der Waals surface area (Å²) < 4.78 is 10.9. The summed E-state index contributed by atoms with van der Waals surface area (Å²) in [7, 11) is 1.65. The van der Waals surface area contributed by atoms with Crippen LogP contribution in [-0.2, 0) is 0 Å². The third kappa shape index (κ3) is 8.52. The summed E-state index contributed by atoms with van der Waals surface area (Å²) in [5.41, 5.74) is 0.0780. The van der Waals surface area contributed by atoms with Crippen molar-refractivity contribution in [3.8, 4) is 11.5 Å². The van der Waals surface area contributed by atoms with Gasteiger partial charge in [-0.3, -0.25) is 4.99 Å². The summed E-state index contributed by atoms with van der Waals surface area (Å²) in [6, 6.07) is 7.61. The van der Waals surface area contributed by atoms with E-state index in [9.17, 15) is 5.11 Å². The number of nitrogens with one attached hydrogen (secondary N) is 2. The Kier molecular flexibility index (Phi) is 11.3. The van der Waals surface area contributed by atoms with Crippen molar-refractivity contribution in [1.82, 2.24) is 10.6 Å². The number of aliphatic hydroxyl groups excluding tert-OH is 1. The summed E-state index contributed by atoms with van der Waals surface area (Å²) >= 11 is 0. The molecule has 0 radical (unpaired) electrons. The fourth-order valence-corrected chi connectivity index (χ4v) is 2.87. The van der Waals surface area contributed by atoms with Crippen molar-refractivity contribution in [3.63, 3.8) is 0 Å². The number of hydrogen-bond acceptors (Lipinski definition) is 4. The Morgan fingerprint density at radius 1 is 1.07 bits per heavy atom. The van der Waals surface area contributed by atoms with Crippen molar-refractivity contribution in [2.45, 2.75) is 46.5 Å². The number of guanidine groups is 1. The van der Waals surface area contributed by atoms with Gasteiger partial charge in [-0.15, -0.1) is 0 Å². The molecule has 0 aliphatic rings. The summed E-state index contributed by atoms with van der Waals surface area (Å²) in [6.07, 6.45) is 3.70. The number of aliphatic hydroxyl groups is 1. The van der Waals surface area contributed by atoms with Gasteiger partial charge in [0.1, 0.15) is 11.5 Å². The van der Waals surface area contributed by atoms with Gasteiger partial charge < -0.3 is 25.2 Å². The van der Waals surface area contributed by atoms with Crippen LogP contribution in [0, 0.1) is 5.41 Å². The maximum Gasteiger partial charge on any atom is 0.191 e. The third-order valence-corrected chi connectivity index (χ3v) is 5.00. The van der Waals surface area contributed by atoms with Crippen LogP contribution in [0.3, 0.4) is 0 Å². The lowest BCUT2D eigenvalue weighted by molar-refractivity contribution is 0.175. The van der Waals surface area contributed by atoms with E-state index in [0.717, 1.165) is 62.8 Å². The van der Waals surface area contributed by atoms with Crippen LogP contribution in [-0.4, -0.2) is 51.0 Å². The molecule has 0 heterocycles. The van der Waals surface area contributed by atoms with Crippen LogP contribution in [0.25, 0.3) is 0 Å². The van der Waals surface area contributed by atoms with E-state index in [1.54, 1.807) is 7.11 Å². The van der Waals surface area contributed by atoms with Gasteiger partial charge in [-0.1, -0.05) is 13.8 Å². The number of benzene rings is 1. The van der Waals surface area contributed by atoms with E-state index >= 15 is 0 Å². The van der Waals surface area contributed by atoms with Crippen molar-refractivity contribution in [1.29, 1.82) is 0 Å². The molecule has 0 amide bonds. The number of aliphatic imine (C=N–C) groups is 1. The molecule has 0 unspecified atom stereocenters. The van der Waals surface area contributed by atoms with Crippen molar-refractivity contribution in [2.24, 2.45) is 10.4 Å². The van der Waals surface area contributed by atoms with E-state index in [1.807, 2.05) is 24.3 Å². The van der Waals surface area contributed by atoms with Crippen molar-refractivity contribution in [2.75, 3.05) is 40.0 Å². The molecule has 0 bridgehead atoms. The molecular weight excluding hydrogens is 342 g/mol. The van der Waals surface area contributed by atoms with Crippen molar-refractivity contribution >= 4 is 5.96 Å². The molecule has 0 saturated heterocycles. The molecule has 0 aliphatic heterocycles. The SMILES string of the molecule is CCNC(=NCC(CC)(CC)CCO)NCCCOc1ccc(OC)cc1. The van der Waals surface area contributed by atoms with Crippen molar-refractivity contribution < 1.29 is 14.6 Å². The number of hydrogen-bond donors (Lipinski definition) is 3. The topological polar surface area (TPSA) is 75.1 Å². The first kappa shape index (κ1) is 23.1. The number of rotatable bonds is 13. The van der Waals surface area contributed by atoms with E-state index in [4.69, 9.17) is 14.5 Å². The number of ether oxygens (including phenoxy) is 2. The first-order valence-corrected chi connectivity index (χ1v) is 10.0. The summed E-state index contributed by atoms with van der Waals surface area (Å²) in [4.78, 5) is 4.75. The quantitative estimate of drug-likeness (QED) is 0.279. The molecule has 0 spiro atoms. The summed E-state index contributed by atoms with van der Waals surface area (Å²) in [6.45, 7) is 9.58. The third-order valence-electron chi connectivity index (χ3n) is 5.00. The first-order chi connectivity index (χ1) is 13.1. The maximum absolute atomic E-state index is 9.36. The molecule has 0 aromatic heterocycles. The van der Waals surface area contributed by atoms with E-state index in [1.165, 1.54) is 0 Å². The summed E-state index contributed by atoms with van der Waals surface area (Å²) in [5.74, 6) is 2.49. The second-order valence-electron chi connectivity index (χ2n) is 6.68. The Balaban J connectivity index is 2.42. The maximum atomic E-state index is 9.36. The minimum absolute atomic E-state index is 0.0780. The van der Waals surface area contributed by atoms with E-state index in [0.29, 0.717) is 6.61 Å². The Morgan fingerprint density at radius 2 is 1.74 bits per heavy atom. The minimum Gasteiger partial charge on any atom is -0.497 e. The lowest BCUT2D eigenvalue weighted by Gasteiger charge is -2.29. The highest BCUT2D eigenvalue weighted by Crippen LogP contribution is 2.30. The number of methoxy groups -OCH3 is 1. The standard InChI is InChI=1S/C21H37N3O3/c1-5-21(6-2,13-15-25)17-24-20(22-7-3)23-14-8-16-27-19-11-9-18(26-4)10-12-19/h9-12,25H,5-8,13-17H2,1-4H3,(H2,22,23,24). The lowest BCUT2D eigenvalue weighted by atomic mass is 9.79. The predicted octanol–water partition coefficient (Wildman–Crippen LogP) is 3.21. The fraction of sp³-hybridized carbons (Fsp3) is 0.667.